The average Bonchev–Trinajstić information content (AvgIpc) is 3.34. The normalized spacial score (nSPS) is 11.5. The van der Waals surface area contributed by atoms with Gasteiger partial charge in [-0.3, -0.25) is 9.69 Å². The second kappa shape index (κ2) is 10.3. The van der Waals surface area contributed by atoms with E-state index in [0.29, 0.717) is 17.8 Å². The average molecular weight is 427 g/mol. The van der Waals surface area contributed by atoms with Crippen molar-refractivity contribution in [3.05, 3.63) is 41.2 Å². The molecule has 3 rings (SSSR count). The molecule has 0 aliphatic rings. The number of phenolic OH excluding ortho intramolecular Hbond substituents is 1. The van der Waals surface area contributed by atoms with E-state index in [0.717, 1.165) is 25.9 Å². The zero-order valence-corrected chi connectivity index (χ0v) is 17.4. The summed E-state index contributed by atoms with van der Waals surface area (Å²) in [5, 5.41) is 28.9. The Morgan fingerprint density at radius 1 is 1.32 bits per heavy atom. The number of nitrogen functional groups attached to an aromatic ring is 1. The Hall–Kier alpha value is -3.80. The highest BCUT2D eigenvalue weighted by atomic mass is 16.6. The van der Waals surface area contributed by atoms with Gasteiger partial charge in [-0.15, -0.1) is 5.10 Å². The number of phenols is 1. The number of nitrogens with two attached hydrogens (primary N) is 1. The van der Waals surface area contributed by atoms with Crippen molar-refractivity contribution in [2.45, 2.75) is 33.2 Å². The van der Waals surface area contributed by atoms with Crippen molar-refractivity contribution < 1.29 is 14.5 Å². The van der Waals surface area contributed by atoms with Gasteiger partial charge < -0.3 is 10.8 Å². The first-order valence-corrected chi connectivity index (χ1v) is 9.91. The molecule has 31 heavy (non-hydrogen) atoms. The fraction of sp³-hybridized carbons (Fsp3) is 0.368. The van der Waals surface area contributed by atoms with E-state index in [4.69, 9.17) is 5.73 Å². The van der Waals surface area contributed by atoms with Crippen molar-refractivity contribution in [2.24, 2.45) is 5.10 Å². The molecule has 0 saturated heterocycles. The van der Waals surface area contributed by atoms with Crippen LogP contribution in [0.4, 0.5) is 5.82 Å². The van der Waals surface area contributed by atoms with Crippen molar-refractivity contribution in [1.82, 2.24) is 35.6 Å². The summed E-state index contributed by atoms with van der Waals surface area (Å²) in [6, 6.07) is 6.48. The summed E-state index contributed by atoms with van der Waals surface area (Å²) in [4.78, 5) is 15.0. The first-order chi connectivity index (χ1) is 15.0. The van der Waals surface area contributed by atoms with Crippen LogP contribution in [0.15, 0.2) is 34.0 Å². The topological polar surface area (TPSA) is 161 Å². The number of benzene rings is 1. The Morgan fingerprint density at radius 2 is 2.10 bits per heavy atom. The van der Waals surface area contributed by atoms with Crippen LogP contribution in [0.2, 0.25) is 0 Å². The smallest absolute Gasteiger partial charge is 0.293 e. The number of hydrogen-bond donors (Lipinski definition) is 3. The number of carbonyl (C=O) groups is 1. The van der Waals surface area contributed by atoms with E-state index < -0.39 is 5.91 Å². The molecule has 4 N–H and O–H groups in total. The summed E-state index contributed by atoms with van der Waals surface area (Å²) < 4.78 is 6.04. The molecule has 0 saturated carbocycles. The minimum atomic E-state index is -0.541. The van der Waals surface area contributed by atoms with Crippen molar-refractivity contribution in [1.29, 1.82) is 0 Å². The first kappa shape index (κ1) is 21.9. The molecular weight excluding hydrogens is 402 g/mol. The van der Waals surface area contributed by atoms with Crippen LogP contribution in [0.1, 0.15) is 48.4 Å². The lowest BCUT2D eigenvalue weighted by Gasteiger charge is -2.21. The van der Waals surface area contributed by atoms with Crippen LogP contribution in [-0.4, -0.2) is 60.5 Å². The van der Waals surface area contributed by atoms with Gasteiger partial charge in [0.25, 0.3) is 5.91 Å². The molecule has 1 amide bonds. The number of rotatable bonds is 10. The van der Waals surface area contributed by atoms with Crippen LogP contribution in [0.5, 0.6) is 5.75 Å². The van der Waals surface area contributed by atoms with Gasteiger partial charge in [-0.2, -0.15) is 9.78 Å². The number of nitrogens with one attached hydrogen (secondary N) is 1. The second-order valence-corrected chi connectivity index (χ2v) is 6.84. The minimum Gasteiger partial charge on any atom is -0.508 e. The number of hydrogen-bond acceptors (Lipinski definition) is 10. The van der Waals surface area contributed by atoms with Gasteiger partial charge in [0.2, 0.25) is 11.6 Å². The lowest BCUT2D eigenvalue weighted by Crippen LogP contribution is -2.28. The zero-order valence-electron chi connectivity index (χ0n) is 17.4. The Labute approximate surface area is 178 Å². The van der Waals surface area contributed by atoms with Crippen molar-refractivity contribution >= 4 is 17.9 Å². The molecule has 0 bridgehead atoms. The van der Waals surface area contributed by atoms with E-state index in [2.05, 4.69) is 54.5 Å². The highest BCUT2D eigenvalue weighted by Gasteiger charge is 2.25. The lowest BCUT2D eigenvalue weighted by atomic mass is 10.2. The molecule has 0 radical (unpaired) electrons. The maximum Gasteiger partial charge on any atom is 0.293 e. The Bertz CT molecular complexity index is 1040. The molecule has 0 fully saturated rings. The van der Waals surface area contributed by atoms with E-state index in [9.17, 15) is 9.90 Å². The Balaban J connectivity index is 1.87. The summed E-state index contributed by atoms with van der Waals surface area (Å²) in [5.41, 5.74) is 9.47. The maximum absolute atomic E-state index is 12.8. The molecule has 2 heterocycles. The Morgan fingerprint density at radius 3 is 2.74 bits per heavy atom. The van der Waals surface area contributed by atoms with Crippen LogP contribution >= 0.6 is 0 Å². The molecule has 12 nitrogen and oxygen atoms in total. The predicted octanol–water partition coefficient (Wildman–Crippen LogP) is 1.32. The highest BCUT2D eigenvalue weighted by Crippen LogP contribution is 2.18. The molecule has 164 valence electrons. The molecule has 0 unspecified atom stereocenters. The molecular formula is C19H25N9O3. The quantitative estimate of drug-likeness (QED) is 0.320. The van der Waals surface area contributed by atoms with Crippen LogP contribution < -0.4 is 11.2 Å². The van der Waals surface area contributed by atoms with Crippen LogP contribution in [0, 0.1) is 0 Å². The van der Waals surface area contributed by atoms with Gasteiger partial charge in [-0.25, -0.2) is 10.1 Å². The number of carbonyl (C=O) groups excluding carboxylic acids is 1. The van der Waals surface area contributed by atoms with Crippen molar-refractivity contribution in [3.63, 3.8) is 0 Å². The van der Waals surface area contributed by atoms with Gasteiger partial charge in [0.1, 0.15) is 5.75 Å². The number of aromatic nitrogens is 5. The van der Waals surface area contributed by atoms with E-state index in [1.54, 1.807) is 18.2 Å². The van der Waals surface area contributed by atoms with Crippen molar-refractivity contribution in [3.8, 4) is 11.6 Å². The van der Waals surface area contributed by atoms with Gasteiger partial charge in [-0.1, -0.05) is 31.2 Å². The van der Waals surface area contributed by atoms with Crippen LogP contribution in [-0.2, 0) is 6.54 Å². The third-order valence-electron chi connectivity index (χ3n) is 4.38. The lowest BCUT2D eigenvalue weighted by molar-refractivity contribution is 0.0947. The number of hydrazone groups is 1. The largest absolute Gasteiger partial charge is 0.508 e. The summed E-state index contributed by atoms with van der Waals surface area (Å²) in [6.45, 7) is 6.24. The summed E-state index contributed by atoms with van der Waals surface area (Å²) in [7, 11) is 0. The standard InChI is InChI=1S/C19H25N9O3/c1-3-8-27(9-4-2)12-15-16(22-26-28(15)18-17(20)24-31-25-18)19(30)23-21-11-13-6-5-7-14(29)10-13/h5-7,10-11,29H,3-4,8-9,12H2,1-2H3,(H2,20,24)(H,23,30)/b21-11-. The number of aromatic hydroxyl groups is 1. The number of anilines is 1. The molecule has 0 spiro atoms. The third-order valence-corrected chi connectivity index (χ3v) is 4.38. The minimum absolute atomic E-state index is 0.0394. The maximum atomic E-state index is 12.8. The fourth-order valence-electron chi connectivity index (χ4n) is 3.07. The molecule has 0 aliphatic heterocycles. The van der Waals surface area contributed by atoms with Gasteiger partial charge in [-0.05, 0) is 53.9 Å². The third kappa shape index (κ3) is 5.42. The predicted molar refractivity (Wildman–Crippen MR) is 113 cm³/mol. The molecule has 0 aliphatic carbocycles. The SMILES string of the molecule is CCCN(CCC)Cc1c(C(=O)N/N=C\c2cccc(O)c2)nnn1-c1nonc1N. The van der Waals surface area contributed by atoms with Crippen molar-refractivity contribution in [2.75, 3.05) is 18.8 Å². The molecule has 3 aromatic rings. The van der Waals surface area contributed by atoms with E-state index in [1.165, 1.54) is 17.0 Å². The van der Waals surface area contributed by atoms with E-state index in [1.807, 2.05) is 0 Å². The fourth-order valence-corrected chi connectivity index (χ4v) is 3.07. The molecule has 2 aromatic heterocycles. The molecule has 12 heteroatoms. The van der Waals surface area contributed by atoms with E-state index in [-0.39, 0.29) is 23.1 Å². The van der Waals surface area contributed by atoms with Gasteiger partial charge >= 0.3 is 0 Å². The Kier molecular flexibility index (Phi) is 7.27. The van der Waals surface area contributed by atoms with Gasteiger partial charge in [0.15, 0.2) is 5.69 Å². The summed E-state index contributed by atoms with van der Waals surface area (Å²) >= 11 is 0. The highest BCUT2D eigenvalue weighted by molar-refractivity contribution is 5.94. The van der Waals surface area contributed by atoms with Gasteiger partial charge in [0.05, 0.1) is 11.9 Å². The summed E-state index contributed by atoms with van der Waals surface area (Å²) in [5.74, 6) is -0.234. The summed E-state index contributed by atoms with van der Waals surface area (Å²) in [6.07, 6.45) is 3.32. The monoisotopic (exact) mass is 427 g/mol. The van der Waals surface area contributed by atoms with E-state index >= 15 is 0 Å². The number of nitrogens with zero attached hydrogens (tertiary/aromatic N) is 7. The molecule has 0 atom stereocenters. The van der Waals surface area contributed by atoms with Gasteiger partial charge in [0, 0.05) is 6.54 Å². The number of amides is 1. The second-order valence-electron chi connectivity index (χ2n) is 6.84. The van der Waals surface area contributed by atoms with Crippen LogP contribution in [0.25, 0.3) is 5.82 Å². The molecule has 1 aromatic carbocycles. The first-order valence-electron chi connectivity index (χ1n) is 9.91. The zero-order chi connectivity index (χ0) is 22.2. The van der Waals surface area contributed by atoms with Crippen LogP contribution in [0.3, 0.4) is 0 Å².